The van der Waals surface area contributed by atoms with Gasteiger partial charge in [-0.15, -0.1) is 0 Å². The minimum atomic E-state index is -2.78. The first kappa shape index (κ1) is 16.2. The van der Waals surface area contributed by atoms with Crippen LogP contribution in [0, 0.1) is 11.3 Å². The van der Waals surface area contributed by atoms with Crippen molar-refractivity contribution < 1.29 is 8.42 Å². The highest BCUT2D eigenvalue weighted by Gasteiger charge is 2.39. The van der Waals surface area contributed by atoms with Crippen molar-refractivity contribution in [3.05, 3.63) is 0 Å². The highest BCUT2D eigenvalue weighted by atomic mass is 32.2. The highest BCUT2D eigenvalue weighted by Crippen LogP contribution is 2.39. The van der Waals surface area contributed by atoms with Crippen molar-refractivity contribution in [3.63, 3.8) is 0 Å². The van der Waals surface area contributed by atoms with Crippen molar-refractivity contribution in [2.45, 2.75) is 51.6 Å². The van der Waals surface area contributed by atoms with E-state index in [0.29, 0.717) is 28.9 Å². The fraction of sp³-hybridized carbons (Fsp3) is 1.00. The molecule has 4 nitrogen and oxygen atoms in total. The molecule has 0 aromatic heterocycles. The molecule has 3 unspecified atom stereocenters. The van der Waals surface area contributed by atoms with Gasteiger partial charge in [0.25, 0.3) is 0 Å². The molecule has 5 heteroatoms. The third-order valence-corrected chi connectivity index (χ3v) is 7.12. The molecule has 118 valence electrons. The van der Waals surface area contributed by atoms with Gasteiger partial charge in [0.15, 0.2) is 9.84 Å². The number of hydrogen-bond acceptors (Lipinski definition) is 4. The zero-order valence-corrected chi connectivity index (χ0v) is 14.2. The maximum Gasteiger partial charge on any atom is 0.151 e. The quantitative estimate of drug-likeness (QED) is 0.855. The number of nitrogens with zero attached hydrogens (tertiary/aromatic N) is 1. The summed E-state index contributed by atoms with van der Waals surface area (Å²) < 4.78 is 23.2. The lowest BCUT2D eigenvalue weighted by Gasteiger charge is -2.45. The average molecular weight is 302 g/mol. The molecule has 2 fully saturated rings. The van der Waals surface area contributed by atoms with Crippen molar-refractivity contribution in [2.24, 2.45) is 11.3 Å². The molecular formula is C15H30N2O2S. The van der Waals surface area contributed by atoms with E-state index in [1.807, 2.05) is 0 Å². The van der Waals surface area contributed by atoms with Crippen LogP contribution in [0.15, 0.2) is 0 Å². The molecule has 0 aromatic carbocycles. The lowest BCUT2D eigenvalue weighted by atomic mass is 9.68. The van der Waals surface area contributed by atoms with Gasteiger partial charge in [-0.3, -0.25) is 0 Å². The van der Waals surface area contributed by atoms with Crippen molar-refractivity contribution >= 4 is 9.84 Å². The largest absolute Gasteiger partial charge is 0.316 e. The van der Waals surface area contributed by atoms with Crippen molar-refractivity contribution in [1.29, 1.82) is 0 Å². The lowest BCUT2D eigenvalue weighted by Crippen LogP contribution is -2.52. The van der Waals surface area contributed by atoms with E-state index in [4.69, 9.17) is 0 Å². The molecule has 0 spiro atoms. The Kier molecular flexibility index (Phi) is 4.82. The van der Waals surface area contributed by atoms with E-state index < -0.39 is 9.84 Å². The van der Waals surface area contributed by atoms with Gasteiger partial charge in [0.2, 0.25) is 0 Å². The molecule has 1 aliphatic carbocycles. The van der Waals surface area contributed by atoms with Crippen molar-refractivity contribution in [2.75, 3.05) is 32.1 Å². The number of rotatable bonds is 4. The molecule has 2 aliphatic rings. The molecule has 0 bridgehead atoms. The van der Waals surface area contributed by atoms with Crippen LogP contribution in [0.4, 0.5) is 0 Å². The molecule has 0 aromatic rings. The Balaban J connectivity index is 1.98. The van der Waals surface area contributed by atoms with Crippen LogP contribution >= 0.6 is 0 Å². The Morgan fingerprint density at radius 2 is 2.00 bits per heavy atom. The average Bonchev–Trinajstić information content (AvgIpc) is 2.69. The molecule has 2 rings (SSSR count). The maximum atomic E-state index is 11.6. The summed E-state index contributed by atoms with van der Waals surface area (Å²) in [4.78, 5) is 2.29. The number of sulfone groups is 1. The van der Waals surface area contributed by atoms with E-state index in [2.05, 4.69) is 38.2 Å². The molecule has 1 saturated heterocycles. The summed E-state index contributed by atoms with van der Waals surface area (Å²) in [6.45, 7) is 5.70. The van der Waals surface area contributed by atoms with Gasteiger partial charge in [-0.05, 0) is 44.7 Å². The third kappa shape index (κ3) is 3.55. The van der Waals surface area contributed by atoms with Crippen LogP contribution in [0.2, 0.25) is 0 Å². The molecule has 1 heterocycles. The summed E-state index contributed by atoms with van der Waals surface area (Å²) in [6, 6.07) is 0.749. The fourth-order valence-electron chi connectivity index (χ4n) is 4.25. The van der Waals surface area contributed by atoms with E-state index in [1.54, 1.807) is 0 Å². The van der Waals surface area contributed by atoms with Crippen LogP contribution in [0.25, 0.3) is 0 Å². The SMILES string of the molecule is CNC1C(CN(C)C2CCS(=O)(=O)C2)CCCC1(C)C. The van der Waals surface area contributed by atoms with E-state index in [1.165, 1.54) is 19.3 Å². The molecule has 0 amide bonds. The van der Waals surface area contributed by atoms with Crippen LogP contribution in [-0.4, -0.2) is 57.5 Å². The molecular weight excluding hydrogens is 272 g/mol. The summed E-state index contributed by atoms with van der Waals surface area (Å²) in [5, 5.41) is 3.51. The third-order valence-electron chi connectivity index (χ3n) is 5.37. The first-order valence-corrected chi connectivity index (χ1v) is 9.65. The molecule has 3 atom stereocenters. The lowest BCUT2D eigenvalue weighted by molar-refractivity contribution is 0.0817. The Morgan fingerprint density at radius 1 is 1.30 bits per heavy atom. The maximum absolute atomic E-state index is 11.6. The van der Waals surface area contributed by atoms with Gasteiger partial charge in [-0.1, -0.05) is 20.3 Å². The van der Waals surface area contributed by atoms with E-state index in [9.17, 15) is 8.42 Å². The second kappa shape index (κ2) is 5.93. The van der Waals surface area contributed by atoms with Crippen LogP contribution < -0.4 is 5.32 Å². The Hall–Kier alpha value is -0.130. The molecule has 1 N–H and O–H groups in total. The predicted octanol–water partition coefficient (Wildman–Crippen LogP) is 1.52. The van der Waals surface area contributed by atoms with Crippen LogP contribution in [0.1, 0.15) is 39.5 Å². The van der Waals surface area contributed by atoms with Crippen LogP contribution in [0.3, 0.4) is 0 Å². The van der Waals surface area contributed by atoms with E-state index in [-0.39, 0.29) is 6.04 Å². The smallest absolute Gasteiger partial charge is 0.151 e. The first-order valence-electron chi connectivity index (χ1n) is 7.83. The van der Waals surface area contributed by atoms with Gasteiger partial charge in [-0.25, -0.2) is 8.42 Å². The van der Waals surface area contributed by atoms with Gasteiger partial charge >= 0.3 is 0 Å². The molecule has 0 radical (unpaired) electrons. The minimum Gasteiger partial charge on any atom is -0.316 e. The summed E-state index contributed by atoms with van der Waals surface area (Å²) >= 11 is 0. The zero-order valence-electron chi connectivity index (χ0n) is 13.4. The fourth-order valence-corrected chi connectivity index (χ4v) is 6.05. The number of hydrogen-bond donors (Lipinski definition) is 1. The van der Waals surface area contributed by atoms with Crippen molar-refractivity contribution in [3.8, 4) is 0 Å². The van der Waals surface area contributed by atoms with E-state index >= 15 is 0 Å². The van der Waals surface area contributed by atoms with Gasteiger partial charge in [0, 0.05) is 18.6 Å². The Morgan fingerprint density at radius 3 is 2.55 bits per heavy atom. The summed E-state index contributed by atoms with van der Waals surface area (Å²) in [5.74, 6) is 1.34. The second-order valence-electron chi connectivity index (χ2n) is 7.40. The predicted molar refractivity (Wildman–Crippen MR) is 83.7 cm³/mol. The Labute approximate surface area is 124 Å². The van der Waals surface area contributed by atoms with Gasteiger partial charge < -0.3 is 10.2 Å². The number of nitrogens with one attached hydrogen (secondary N) is 1. The minimum absolute atomic E-state index is 0.225. The summed E-state index contributed by atoms with van der Waals surface area (Å²) in [6.07, 6.45) is 4.61. The van der Waals surface area contributed by atoms with Crippen LogP contribution in [-0.2, 0) is 9.84 Å². The highest BCUT2D eigenvalue weighted by molar-refractivity contribution is 7.91. The van der Waals surface area contributed by atoms with Gasteiger partial charge in [0.05, 0.1) is 11.5 Å². The van der Waals surface area contributed by atoms with Crippen LogP contribution in [0.5, 0.6) is 0 Å². The molecule has 20 heavy (non-hydrogen) atoms. The topological polar surface area (TPSA) is 49.4 Å². The molecule has 1 aliphatic heterocycles. The first-order chi connectivity index (χ1) is 9.25. The second-order valence-corrected chi connectivity index (χ2v) is 9.63. The molecule has 1 saturated carbocycles. The standard InChI is InChI=1S/C15H30N2O2S/c1-15(2)8-5-6-12(14(15)16-3)10-17(4)13-7-9-20(18,19)11-13/h12-14,16H,5-11H2,1-4H3. The van der Waals surface area contributed by atoms with E-state index in [0.717, 1.165) is 13.0 Å². The van der Waals surface area contributed by atoms with Gasteiger partial charge in [0.1, 0.15) is 0 Å². The monoisotopic (exact) mass is 302 g/mol. The normalized spacial score (nSPS) is 36.4. The van der Waals surface area contributed by atoms with Gasteiger partial charge in [-0.2, -0.15) is 0 Å². The zero-order chi connectivity index (χ0) is 15.0. The summed E-state index contributed by atoms with van der Waals surface area (Å²) in [7, 11) is 1.38. The summed E-state index contributed by atoms with van der Waals surface area (Å²) in [5.41, 5.74) is 0.334. The van der Waals surface area contributed by atoms with Crippen molar-refractivity contribution in [1.82, 2.24) is 10.2 Å². The Bertz CT molecular complexity index is 433.